The standard InChI is InChI=1S/C16H16N4OS/c1-12-4-3-5-13(10-12)11-22-16-17-18-19-20(16)14-6-8-15(21-2)9-7-14/h3-10H,11H2,1-2H3. The molecule has 0 aliphatic carbocycles. The van der Waals surface area contributed by atoms with Gasteiger partial charge in [-0.25, -0.2) is 0 Å². The molecular weight excluding hydrogens is 296 g/mol. The topological polar surface area (TPSA) is 52.8 Å². The van der Waals surface area contributed by atoms with E-state index in [1.165, 1.54) is 11.1 Å². The number of tetrazole rings is 1. The molecular formula is C16H16N4OS. The largest absolute Gasteiger partial charge is 0.497 e. The van der Waals surface area contributed by atoms with Crippen LogP contribution < -0.4 is 4.74 Å². The van der Waals surface area contributed by atoms with Gasteiger partial charge in [0.25, 0.3) is 0 Å². The van der Waals surface area contributed by atoms with Crippen LogP contribution in [-0.2, 0) is 5.75 Å². The van der Waals surface area contributed by atoms with Gasteiger partial charge in [-0.2, -0.15) is 4.68 Å². The Morgan fingerprint density at radius 2 is 1.95 bits per heavy atom. The van der Waals surface area contributed by atoms with Gasteiger partial charge in [-0.15, -0.1) is 5.10 Å². The number of methoxy groups -OCH3 is 1. The van der Waals surface area contributed by atoms with Crippen LogP contribution in [0.25, 0.3) is 5.69 Å². The second-order valence-electron chi connectivity index (χ2n) is 4.85. The molecule has 0 aliphatic rings. The van der Waals surface area contributed by atoms with Crippen molar-refractivity contribution >= 4 is 11.8 Å². The van der Waals surface area contributed by atoms with Crippen LogP contribution in [0.5, 0.6) is 5.75 Å². The second kappa shape index (κ2) is 6.62. The highest BCUT2D eigenvalue weighted by Gasteiger charge is 2.09. The highest BCUT2D eigenvalue weighted by Crippen LogP contribution is 2.23. The van der Waals surface area contributed by atoms with Crippen LogP contribution in [0, 0.1) is 6.92 Å². The molecule has 0 amide bonds. The molecule has 2 aromatic carbocycles. The number of ether oxygens (including phenoxy) is 1. The van der Waals surface area contributed by atoms with Crippen LogP contribution in [-0.4, -0.2) is 27.3 Å². The molecule has 0 aliphatic heterocycles. The lowest BCUT2D eigenvalue weighted by Crippen LogP contribution is -1.99. The van der Waals surface area contributed by atoms with Gasteiger partial charge in [0.15, 0.2) is 0 Å². The van der Waals surface area contributed by atoms with Crippen molar-refractivity contribution in [2.24, 2.45) is 0 Å². The fraction of sp³-hybridized carbons (Fsp3) is 0.188. The summed E-state index contributed by atoms with van der Waals surface area (Å²) in [5.41, 5.74) is 3.43. The molecule has 5 nitrogen and oxygen atoms in total. The maximum absolute atomic E-state index is 5.17. The van der Waals surface area contributed by atoms with Crippen molar-refractivity contribution < 1.29 is 4.74 Å². The molecule has 0 unspecified atom stereocenters. The normalized spacial score (nSPS) is 10.6. The third kappa shape index (κ3) is 3.28. The molecule has 0 spiro atoms. The van der Waals surface area contributed by atoms with Gasteiger partial charge in [-0.05, 0) is 47.2 Å². The maximum Gasteiger partial charge on any atom is 0.214 e. The first-order valence-electron chi connectivity index (χ1n) is 6.87. The fourth-order valence-corrected chi connectivity index (χ4v) is 2.94. The summed E-state index contributed by atoms with van der Waals surface area (Å²) in [6, 6.07) is 16.1. The minimum Gasteiger partial charge on any atom is -0.497 e. The molecule has 3 aromatic rings. The smallest absolute Gasteiger partial charge is 0.214 e. The van der Waals surface area contributed by atoms with E-state index in [4.69, 9.17) is 4.74 Å². The third-order valence-corrected chi connectivity index (χ3v) is 4.20. The monoisotopic (exact) mass is 312 g/mol. The van der Waals surface area contributed by atoms with E-state index >= 15 is 0 Å². The lowest BCUT2D eigenvalue weighted by atomic mass is 10.2. The number of rotatable bonds is 5. The predicted molar refractivity (Wildman–Crippen MR) is 86.4 cm³/mol. The summed E-state index contributed by atoms with van der Waals surface area (Å²) in [4.78, 5) is 0. The zero-order chi connectivity index (χ0) is 15.4. The average Bonchev–Trinajstić information content (AvgIpc) is 3.01. The lowest BCUT2D eigenvalue weighted by Gasteiger charge is -2.06. The molecule has 0 radical (unpaired) electrons. The van der Waals surface area contributed by atoms with E-state index in [2.05, 4.69) is 46.7 Å². The summed E-state index contributed by atoms with van der Waals surface area (Å²) in [5, 5.41) is 12.7. The highest BCUT2D eigenvalue weighted by atomic mass is 32.2. The van der Waals surface area contributed by atoms with Crippen molar-refractivity contribution in [2.45, 2.75) is 17.8 Å². The fourth-order valence-electron chi connectivity index (χ4n) is 2.10. The van der Waals surface area contributed by atoms with E-state index in [9.17, 15) is 0 Å². The Kier molecular flexibility index (Phi) is 4.39. The van der Waals surface area contributed by atoms with Crippen LogP contribution >= 0.6 is 11.8 Å². The van der Waals surface area contributed by atoms with Crippen LogP contribution in [0.3, 0.4) is 0 Å². The molecule has 3 rings (SSSR count). The van der Waals surface area contributed by atoms with E-state index < -0.39 is 0 Å². The molecule has 0 saturated carbocycles. The first-order chi connectivity index (χ1) is 10.8. The van der Waals surface area contributed by atoms with Crippen molar-refractivity contribution in [2.75, 3.05) is 7.11 Å². The van der Waals surface area contributed by atoms with Crippen molar-refractivity contribution in [3.63, 3.8) is 0 Å². The Bertz CT molecular complexity index is 755. The Morgan fingerprint density at radius 3 is 2.68 bits per heavy atom. The zero-order valence-corrected chi connectivity index (χ0v) is 13.2. The zero-order valence-electron chi connectivity index (χ0n) is 12.4. The molecule has 22 heavy (non-hydrogen) atoms. The van der Waals surface area contributed by atoms with Gasteiger partial charge >= 0.3 is 0 Å². The van der Waals surface area contributed by atoms with Gasteiger partial charge in [0.1, 0.15) is 5.75 Å². The average molecular weight is 312 g/mol. The quantitative estimate of drug-likeness (QED) is 0.677. The van der Waals surface area contributed by atoms with Crippen LogP contribution in [0.2, 0.25) is 0 Å². The van der Waals surface area contributed by atoms with Gasteiger partial charge in [0.05, 0.1) is 12.8 Å². The minimum absolute atomic E-state index is 0.770. The molecule has 0 N–H and O–H groups in total. The number of hydrogen-bond donors (Lipinski definition) is 0. The molecule has 0 bridgehead atoms. The molecule has 1 heterocycles. The van der Waals surface area contributed by atoms with Crippen LogP contribution in [0.15, 0.2) is 53.7 Å². The molecule has 6 heteroatoms. The number of aryl methyl sites for hydroxylation is 1. The van der Waals surface area contributed by atoms with Crippen molar-refractivity contribution in [3.05, 3.63) is 59.7 Å². The summed E-state index contributed by atoms with van der Waals surface area (Å²) >= 11 is 1.62. The maximum atomic E-state index is 5.17. The first-order valence-corrected chi connectivity index (χ1v) is 7.86. The van der Waals surface area contributed by atoms with E-state index in [-0.39, 0.29) is 0 Å². The summed E-state index contributed by atoms with van der Waals surface area (Å²) in [5.74, 6) is 1.64. The lowest BCUT2D eigenvalue weighted by molar-refractivity contribution is 0.414. The molecule has 1 aromatic heterocycles. The Hall–Kier alpha value is -2.34. The number of hydrogen-bond acceptors (Lipinski definition) is 5. The Labute approximate surface area is 133 Å². The van der Waals surface area contributed by atoms with E-state index in [1.807, 2.05) is 24.3 Å². The highest BCUT2D eigenvalue weighted by molar-refractivity contribution is 7.98. The summed E-state index contributed by atoms with van der Waals surface area (Å²) < 4.78 is 6.90. The molecule has 0 saturated heterocycles. The molecule has 0 fully saturated rings. The Balaban J connectivity index is 1.76. The van der Waals surface area contributed by atoms with Crippen molar-refractivity contribution in [3.8, 4) is 11.4 Å². The van der Waals surface area contributed by atoms with Crippen molar-refractivity contribution in [1.82, 2.24) is 20.2 Å². The van der Waals surface area contributed by atoms with Gasteiger partial charge in [0, 0.05) is 5.75 Å². The van der Waals surface area contributed by atoms with Crippen LogP contribution in [0.1, 0.15) is 11.1 Å². The third-order valence-electron chi connectivity index (χ3n) is 3.21. The number of nitrogens with zero attached hydrogens (tertiary/aromatic N) is 4. The van der Waals surface area contributed by atoms with Gasteiger partial charge < -0.3 is 4.74 Å². The Morgan fingerprint density at radius 1 is 1.14 bits per heavy atom. The van der Waals surface area contributed by atoms with E-state index in [0.717, 1.165) is 22.3 Å². The van der Waals surface area contributed by atoms with Crippen LogP contribution in [0.4, 0.5) is 0 Å². The molecule has 112 valence electrons. The predicted octanol–water partition coefficient (Wildman–Crippen LogP) is 3.27. The number of benzene rings is 2. The summed E-state index contributed by atoms with van der Waals surface area (Å²) in [6.45, 7) is 2.09. The van der Waals surface area contributed by atoms with Gasteiger partial charge in [0.2, 0.25) is 5.16 Å². The van der Waals surface area contributed by atoms with Crippen molar-refractivity contribution in [1.29, 1.82) is 0 Å². The summed E-state index contributed by atoms with van der Waals surface area (Å²) in [6.07, 6.45) is 0. The van der Waals surface area contributed by atoms with Gasteiger partial charge in [-0.3, -0.25) is 0 Å². The summed E-state index contributed by atoms with van der Waals surface area (Å²) in [7, 11) is 1.65. The van der Waals surface area contributed by atoms with E-state index in [1.54, 1.807) is 23.6 Å². The van der Waals surface area contributed by atoms with Gasteiger partial charge in [-0.1, -0.05) is 41.6 Å². The SMILES string of the molecule is COc1ccc(-n2nnnc2SCc2cccc(C)c2)cc1. The number of aromatic nitrogens is 4. The number of thioether (sulfide) groups is 1. The second-order valence-corrected chi connectivity index (χ2v) is 5.79. The first kappa shape index (κ1) is 14.6. The molecule has 0 atom stereocenters. The van der Waals surface area contributed by atoms with E-state index in [0.29, 0.717) is 0 Å². The minimum atomic E-state index is 0.770.